The van der Waals surface area contributed by atoms with Gasteiger partial charge < -0.3 is 10.1 Å². The molecule has 1 N–H and O–H groups in total. The molecule has 1 unspecified atom stereocenters. The lowest BCUT2D eigenvalue weighted by atomic mass is 10.1. The molecule has 1 fully saturated rings. The number of rotatable bonds is 3. The van der Waals surface area contributed by atoms with Crippen molar-refractivity contribution in [2.24, 2.45) is 0 Å². The van der Waals surface area contributed by atoms with Gasteiger partial charge in [-0.25, -0.2) is 0 Å². The van der Waals surface area contributed by atoms with Gasteiger partial charge >= 0.3 is 0 Å². The summed E-state index contributed by atoms with van der Waals surface area (Å²) in [4.78, 5) is 0. The lowest BCUT2D eigenvalue weighted by molar-refractivity contribution is -0.00910. The molecule has 1 aliphatic heterocycles. The van der Waals surface area contributed by atoms with Gasteiger partial charge in [-0.1, -0.05) is 11.6 Å². The number of hydrogen-bond acceptors (Lipinski definition) is 2. The molecule has 1 aromatic carbocycles. The highest BCUT2D eigenvalue weighted by Crippen LogP contribution is 2.30. The van der Waals surface area contributed by atoms with Crippen LogP contribution in [0.15, 0.2) is 22.7 Å². The summed E-state index contributed by atoms with van der Waals surface area (Å²) in [7, 11) is 0. The normalized spacial score (nSPS) is 22.7. The number of benzene rings is 1. The molecule has 2 nitrogen and oxygen atoms in total. The second-order valence-corrected chi connectivity index (χ2v) is 6.31. The van der Waals surface area contributed by atoms with Crippen molar-refractivity contribution in [1.82, 2.24) is 0 Å². The number of anilines is 1. The van der Waals surface area contributed by atoms with E-state index in [9.17, 15) is 0 Å². The molecular formula is C13H17BrClNO. The zero-order valence-corrected chi connectivity index (χ0v) is 12.4. The first-order valence-corrected chi connectivity index (χ1v) is 7.00. The third kappa shape index (κ3) is 3.60. The summed E-state index contributed by atoms with van der Waals surface area (Å²) in [5.41, 5.74) is 1.07. The average Bonchev–Trinajstić information content (AvgIpc) is 2.60. The van der Waals surface area contributed by atoms with Gasteiger partial charge in [-0.2, -0.15) is 0 Å². The van der Waals surface area contributed by atoms with Gasteiger partial charge in [0.2, 0.25) is 0 Å². The minimum absolute atomic E-state index is 0.0315. The highest BCUT2D eigenvalue weighted by atomic mass is 79.9. The molecule has 1 heterocycles. The van der Waals surface area contributed by atoms with Crippen LogP contribution in [-0.4, -0.2) is 18.2 Å². The summed E-state index contributed by atoms with van der Waals surface area (Å²) in [6.45, 7) is 5.12. The monoisotopic (exact) mass is 317 g/mol. The van der Waals surface area contributed by atoms with Crippen molar-refractivity contribution in [3.8, 4) is 0 Å². The molecule has 0 amide bonds. The van der Waals surface area contributed by atoms with Gasteiger partial charge in [0.05, 0.1) is 16.7 Å². The van der Waals surface area contributed by atoms with E-state index in [4.69, 9.17) is 16.3 Å². The van der Waals surface area contributed by atoms with E-state index >= 15 is 0 Å². The minimum atomic E-state index is 0.0315. The molecule has 4 heteroatoms. The molecule has 0 bridgehead atoms. The molecule has 17 heavy (non-hydrogen) atoms. The lowest BCUT2D eigenvalue weighted by Gasteiger charge is -2.19. The highest BCUT2D eigenvalue weighted by molar-refractivity contribution is 9.10. The summed E-state index contributed by atoms with van der Waals surface area (Å²) in [6.07, 6.45) is 2.54. The second-order valence-electron chi connectivity index (χ2n) is 5.05. The standard InChI is InChI=1S/C13H17BrClNO/c1-13(2)6-5-10(17-13)8-16-9-3-4-11(14)12(15)7-9/h3-4,7,10,16H,5-6,8H2,1-2H3. The van der Waals surface area contributed by atoms with Crippen LogP contribution in [0.3, 0.4) is 0 Å². The zero-order chi connectivity index (χ0) is 12.5. The molecule has 94 valence electrons. The molecule has 0 saturated carbocycles. The highest BCUT2D eigenvalue weighted by Gasteiger charge is 2.31. The Balaban J connectivity index is 1.88. The molecule has 1 atom stereocenters. The second kappa shape index (κ2) is 5.17. The van der Waals surface area contributed by atoms with E-state index in [-0.39, 0.29) is 5.60 Å². The Kier molecular flexibility index (Phi) is 4.01. The van der Waals surface area contributed by atoms with Crippen LogP contribution in [-0.2, 0) is 4.74 Å². The van der Waals surface area contributed by atoms with Gasteiger partial charge in [0.25, 0.3) is 0 Å². The van der Waals surface area contributed by atoms with Crippen LogP contribution in [0.5, 0.6) is 0 Å². The van der Waals surface area contributed by atoms with Gasteiger partial charge in [-0.05, 0) is 60.8 Å². The van der Waals surface area contributed by atoms with Crippen molar-refractivity contribution < 1.29 is 4.74 Å². The molecule has 0 aromatic heterocycles. The quantitative estimate of drug-likeness (QED) is 0.887. The Hall–Kier alpha value is -0.250. The molecular weight excluding hydrogens is 302 g/mol. The van der Waals surface area contributed by atoms with Crippen molar-refractivity contribution in [3.63, 3.8) is 0 Å². The van der Waals surface area contributed by atoms with Crippen molar-refractivity contribution in [1.29, 1.82) is 0 Å². The van der Waals surface area contributed by atoms with Crippen LogP contribution < -0.4 is 5.32 Å². The molecule has 0 spiro atoms. The minimum Gasteiger partial charge on any atom is -0.382 e. The zero-order valence-electron chi connectivity index (χ0n) is 10.1. The van der Waals surface area contributed by atoms with E-state index in [0.29, 0.717) is 6.10 Å². The van der Waals surface area contributed by atoms with Crippen LogP contribution in [0.2, 0.25) is 5.02 Å². The fraction of sp³-hybridized carbons (Fsp3) is 0.538. The van der Waals surface area contributed by atoms with Gasteiger partial charge in [0.15, 0.2) is 0 Å². The van der Waals surface area contributed by atoms with Crippen LogP contribution in [0.1, 0.15) is 26.7 Å². The molecule has 1 aromatic rings. The Morgan fingerprint density at radius 1 is 1.53 bits per heavy atom. The maximum atomic E-state index is 6.04. The number of ether oxygens (including phenoxy) is 1. The van der Waals surface area contributed by atoms with E-state index in [0.717, 1.165) is 34.6 Å². The smallest absolute Gasteiger partial charge is 0.0755 e. The molecule has 0 aliphatic carbocycles. The number of nitrogens with one attached hydrogen (secondary N) is 1. The predicted molar refractivity (Wildman–Crippen MR) is 75.8 cm³/mol. The Labute approximate surface area is 116 Å². The molecule has 1 aliphatic rings. The van der Waals surface area contributed by atoms with E-state index in [1.54, 1.807) is 0 Å². The third-order valence-electron chi connectivity index (χ3n) is 3.01. The van der Waals surface area contributed by atoms with Crippen molar-refractivity contribution in [2.45, 2.75) is 38.4 Å². The first kappa shape index (κ1) is 13.2. The van der Waals surface area contributed by atoms with Gasteiger partial charge in [0, 0.05) is 16.7 Å². The molecule has 0 radical (unpaired) electrons. The molecule has 1 saturated heterocycles. The summed E-state index contributed by atoms with van der Waals surface area (Å²) >= 11 is 9.41. The van der Waals surface area contributed by atoms with Crippen LogP contribution in [0.4, 0.5) is 5.69 Å². The van der Waals surface area contributed by atoms with Crippen LogP contribution >= 0.6 is 27.5 Å². The first-order valence-electron chi connectivity index (χ1n) is 5.83. The number of hydrogen-bond donors (Lipinski definition) is 1. The predicted octanol–water partition coefficient (Wildman–Crippen LogP) is 4.47. The fourth-order valence-corrected chi connectivity index (χ4v) is 2.49. The van der Waals surface area contributed by atoms with E-state index in [1.807, 2.05) is 18.2 Å². The Morgan fingerprint density at radius 3 is 2.88 bits per heavy atom. The first-order chi connectivity index (χ1) is 7.96. The van der Waals surface area contributed by atoms with Crippen molar-refractivity contribution in [2.75, 3.05) is 11.9 Å². The third-order valence-corrected chi connectivity index (χ3v) is 4.24. The maximum absolute atomic E-state index is 6.04. The van der Waals surface area contributed by atoms with Crippen LogP contribution in [0.25, 0.3) is 0 Å². The van der Waals surface area contributed by atoms with E-state index in [1.165, 1.54) is 0 Å². The topological polar surface area (TPSA) is 21.3 Å². The summed E-state index contributed by atoms with van der Waals surface area (Å²) in [5, 5.41) is 4.09. The Morgan fingerprint density at radius 2 is 2.29 bits per heavy atom. The fourth-order valence-electron chi connectivity index (χ4n) is 2.06. The lowest BCUT2D eigenvalue weighted by Crippen LogP contribution is -2.24. The summed E-state index contributed by atoms with van der Waals surface area (Å²) < 4.78 is 6.84. The van der Waals surface area contributed by atoms with Crippen molar-refractivity contribution >= 4 is 33.2 Å². The van der Waals surface area contributed by atoms with Gasteiger partial charge in [-0.15, -0.1) is 0 Å². The SMILES string of the molecule is CC1(C)CCC(CNc2ccc(Br)c(Cl)c2)O1. The van der Waals surface area contributed by atoms with Crippen molar-refractivity contribution in [3.05, 3.63) is 27.7 Å². The Bertz CT molecular complexity index is 408. The average molecular weight is 319 g/mol. The maximum Gasteiger partial charge on any atom is 0.0755 e. The van der Waals surface area contributed by atoms with E-state index < -0.39 is 0 Å². The molecule has 2 rings (SSSR count). The van der Waals surface area contributed by atoms with E-state index in [2.05, 4.69) is 35.1 Å². The number of halogens is 2. The van der Waals surface area contributed by atoms with Gasteiger partial charge in [-0.3, -0.25) is 0 Å². The van der Waals surface area contributed by atoms with Gasteiger partial charge in [0.1, 0.15) is 0 Å². The summed E-state index contributed by atoms with van der Waals surface area (Å²) in [6, 6.07) is 5.88. The summed E-state index contributed by atoms with van der Waals surface area (Å²) in [5.74, 6) is 0. The largest absolute Gasteiger partial charge is 0.382 e. The van der Waals surface area contributed by atoms with Crippen LogP contribution in [0, 0.1) is 0 Å².